The van der Waals surface area contributed by atoms with E-state index >= 15 is 0 Å². The van der Waals surface area contributed by atoms with Crippen LogP contribution in [-0.4, -0.2) is 51.1 Å². The first-order chi connectivity index (χ1) is 19.3. The Kier molecular flexibility index (Phi) is 7.99. The fraction of sp³-hybridized carbons (Fsp3) is 0.241. The standard InChI is InChI=1S/C29H28ClN5O5/c1-40-28(39)10-16-5-7-20-24(9-16)34-27(38)13-19(36)3-2-4-23(29-32-15-25(20)35-29)33-26(37)11-17-14-31-22-8-6-18(30)12-21(17)22/h2-3,5-9,12,14-15,19,23,31,36H,4,10-11,13H2,1H3,(H,32,35)(H,33,37)(H,34,38)/b3-2+/t19?,23-/m0/s1. The first-order valence-electron chi connectivity index (χ1n) is 12.7. The molecule has 3 heterocycles. The Bertz CT molecular complexity index is 1610. The van der Waals surface area contributed by atoms with Crippen molar-refractivity contribution < 1.29 is 24.2 Å². The average molecular weight is 562 g/mol. The summed E-state index contributed by atoms with van der Waals surface area (Å²) in [4.78, 5) is 48.6. The van der Waals surface area contributed by atoms with Gasteiger partial charge in [0.15, 0.2) is 0 Å². The minimum absolute atomic E-state index is 0.0377. The molecule has 2 aromatic heterocycles. The van der Waals surface area contributed by atoms with Gasteiger partial charge in [-0.25, -0.2) is 4.98 Å². The lowest BCUT2D eigenvalue weighted by atomic mass is 10.0. The summed E-state index contributed by atoms with van der Waals surface area (Å²) in [6.07, 6.45) is 5.98. The van der Waals surface area contributed by atoms with Gasteiger partial charge < -0.3 is 30.4 Å². The minimum atomic E-state index is -1.03. The number of nitrogens with one attached hydrogen (secondary N) is 4. The highest BCUT2D eigenvalue weighted by Crippen LogP contribution is 2.30. The van der Waals surface area contributed by atoms with Crippen LogP contribution < -0.4 is 10.6 Å². The van der Waals surface area contributed by atoms with Crippen LogP contribution in [0.15, 0.2) is 60.9 Å². The molecule has 5 N–H and O–H groups in total. The smallest absolute Gasteiger partial charge is 0.309 e. The highest BCUT2D eigenvalue weighted by atomic mass is 35.5. The first kappa shape index (κ1) is 27.2. The van der Waals surface area contributed by atoms with Crippen LogP contribution in [0.3, 0.4) is 0 Å². The molecule has 206 valence electrons. The van der Waals surface area contributed by atoms with Crippen LogP contribution in [0.25, 0.3) is 22.2 Å². The number of methoxy groups -OCH3 is 1. The van der Waals surface area contributed by atoms with Crippen molar-refractivity contribution in [2.45, 2.75) is 37.8 Å². The number of benzene rings is 2. The molecular formula is C29H28ClN5O5. The number of anilines is 1. The largest absolute Gasteiger partial charge is 0.469 e. The molecule has 40 heavy (non-hydrogen) atoms. The van der Waals surface area contributed by atoms with Crippen LogP contribution in [0.4, 0.5) is 5.69 Å². The van der Waals surface area contributed by atoms with Gasteiger partial charge in [-0.15, -0.1) is 0 Å². The third kappa shape index (κ3) is 6.24. The molecule has 10 nitrogen and oxygen atoms in total. The van der Waals surface area contributed by atoms with Gasteiger partial charge in [0.2, 0.25) is 11.8 Å². The zero-order valence-corrected chi connectivity index (χ0v) is 22.4. The van der Waals surface area contributed by atoms with Crippen LogP contribution >= 0.6 is 11.6 Å². The van der Waals surface area contributed by atoms with Crippen LogP contribution in [0, 0.1) is 0 Å². The maximum absolute atomic E-state index is 13.1. The molecule has 0 aliphatic carbocycles. The van der Waals surface area contributed by atoms with Crippen molar-refractivity contribution in [1.82, 2.24) is 20.3 Å². The highest BCUT2D eigenvalue weighted by molar-refractivity contribution is 6.31. The monoisotopic (exact) mass is 561 g/mol. The zero-order valence-electron chi connectivity index (χ0n) is 21.7. The number of fused-ring (bicyclic) bond motifs is 5. The van der Waals surface area contributed by atoms with Gasteiger partial charge in [0.25, 0.3) is 0 Å². The number of carbonyl (C=O) groups is 3. The van der Waals surface area contributed by atoms with Crippen molar-refractivity contribution in [3.8, 4) is 11.3 Å². The van der Waals surface area contributed by atoms with Crippen molar-refractivity contribution in [3.63, 3.8) is 0 Å². The molecule has 1 aliphatic rings. The summed E-state index contributed by atoms with van der Waals surface area (Å²) in [5.41, 5.74) is 4.06. The molecule has 0 radical (unpaired) electrons. The highest BCUT2D eigenvalue weighted by Gasteiger charge is 2.21. The third-order valence-electron chi connectivity index (χ3n) is 6.69. The molecule has 0 saturated carbocycles. The van der Waals surface area contributed by atoms with Crippen LogP contribution in [0.1, 0.15) is 35.8 Å². The molecule has 2 atom stereocenters. The number of aromatic nitrogens is 3. The number of esters is 1. The first-order valence-corrected chi connectivity index (χ1v) is 13.1. The van der Waals surface area contributed by atoms with Crippen LogP contribution in [0.5, 0.6) is 0 Å². The number of ether oxygens (including phenoxy) is 1. The number of amides is 2. The average Bonchev–Trinajstić information content (AvgIpc) is 3.55. The molecule has 2 aromatic carbocycles. The number of halogens is 1. The maximum Gasteiger partial charge on any atom is 0.309 e. The predicted octanol–water partition coefficient (Wildman–Crippen LogP) is 3.98. The van der Waals surface area contributed by atoms with Gasteiger partial charge in [0, 0.05) is 27.7 Å². The van der Waals surface area contributed by atoms with Crippen molar-refractivity contribution in [1.29, 1.82) is 0 Å². The van der Waals surface area contributed by atoms with E-state index in [9.17, 15) is 19.5 Å². The Balaban J connectivity index is 1.43. The number of rotatable bonds is 5. The number of hydrogen-bond acceptors (Lipinski definition) is 6. The molecule has 0 saturated heterocycles. The van der Waals surface area contributed by atoms with Crippen molar-refractivity contribution >= 4 is 46.0 Å². The number of hydrogen-bond donors (Lipinski definition) is 5. The van der Waals surface area contributed by atoms with Crippen molar-refractivity contribution in [2.75, 3.05) is 12.4 Å². The minimum Gasteiger partial charge on any atom is -0.469 e. The SMILES string of the molecule is COC(=O)Cc1ccc2c(c1)NC(=O)CC(O)/C=C/C[C@H](NC(=O)Cc1c[nH]c3ccc(Cl)cc13)c1ncc-2[nH]1. The molecule has 1 aliphatic heterocycles. The van der Waals surface area contributed by atoms with Gasteiger partial charge in [-0.05, 0) is 41.8 Å². The summed E-state index contributed by atoms with van der Waals surface area (Å²) in [6, 6.07) is 10.2. The van der Waals surface area contributed by atoms with E-state index in [1.807, 2.05) is 12.1 Å². The summed E-state index contributed by atoms with van der Waals surface area (Å²) in [5.74, 6) is -0.502. The number of aliphatic hydroxyl groups is 1. The normalized spacial score (nSPS) is 18.0. The van der Waals surface area contributed by atoms with Gasteiger partial charge in [-0.2, -0.15) is 0 Å². The number of aromatic amines is 2. The van der Waals surface area contributed by atoms with E-state index < -0.39 is 24.0 Å². The van der Waals surface area contributed by atoms with E-state index in [-0.39, 0.29) is 25.2 Å². The predicted molar refractivity (Wildman–Crippen MR) is 151 cm³/mol. The second kappa shape index (κ2) is 11.8. The zero-order chi connectivity index (χ0) is 28.2. The molecule has 0 spiro atoms. The van der Waals surface area contributed by atoms with Crippen LogP contribution in [-0.2, 0) is 32.0 Å². The maximum atomic E-state index is 13.1. The molecule has 5 rings (SSSR count). The van der Waals surface area contributed by atoms with E-state index in [1.165, 1.54) is 13.2 Å². The Labute approximate surface area is 234 Å². The van der Waals surface area contributed by atoms with Gasteiger partial charge in [-0.3, -0.25) is 14.4 Å². The Morgan fingerprint density at radius 1 is 1.20 bits per heavy atom. The van der Waals surface area contributed by atoms with E-state index in [1.54, 1.807) is 42.7 Å². The number of H-pyrrole nitrogens is 2. The van der Waals surface area contributed by atoms with Crippen molar-refractivity contribution in [3.05, 3.63) is 82.9 Å². The Morgan fingerprint density at radius 2 is 2.05 bits per heavy atom. The summed E-state index contributed by atoms with van der Waals surface area (Å²) in [7, 11) is 1.31. The fourth-order valence-corrected chi connectivity index (χ4v) is 4.89. The number of carbonyl (C=O) groups excluding carboxylic acids is 3. The summed E-state index contributed by atoms with van der Waals surface area (Å²) in [5, 5.41) is 17.7. The van der Waals surface area contributed by atoms with E-state index in [2.05, 4.69) is 25.6 Å². The summed E-state index contributed by atoms with van der Waals surface area (Å²) < 4.78 is 4.76. The van der Waals surface area contributed by atoms with Crippen molar-refractivity contribution in [2.24, 2.45) is 0 Å². The lowest BCUT2D eigenvalue weighted by Crippen LogP contribution is -2.30. The molecule has 2 amide bonds. The molecular weight excluding hydrogens is 534 g/mol. The molecule has 11 heteroatoms. The topological polar surface area (TPSA) is 149 Å². The lowest BCUT2D eigenvalue weighted by Gasteiger charge is -2.15. The molecule has 0 fully saturated rings. The summed E-state index contributed by atoms with van der Waals surface area (Å²) >= 11 is 6.16. The Morgan fingerprint density at radius 3 is 2.88 bits per heavy atom. The lowest BCUT2D eigenvalue weighted by molar-refractivity contribution is -0.139. The molecule has 1 unspecified atom stereocenters. The second-order valence-electron chi connectivity index (χ2n) is 9.60. The number of imidazole rings is 1. The van der Waals surface area contributed by atoms with Gasteiger partial charge in [0.1, 0.15) is 5.82 Å². The number of aliphatic hydroxyl groups excluding tert-OH is 1. The van der Waals surface area contributed by atoms with E-state index in [4.69, 9.17) is 16.3 Å². The third-order valence-corrected chi connectivity index (χ3v) is 6.93. The summed E-state index contributed by atoms with van der Waals surface area (Å²) in [6.45, 7) is 0. The van der Waals surface area contributed by atoms with E-state index in [0.29, 0.717) is 39.8 Å². The van der Waals surface area contributed by atoms with Gasteiger partial charge >= 0.3 is 5.97 Å². The quantitative estimate of drug-likeness (QED) is 0.184. The Hall–Kier alpha value is -4.41. The van der Waals surface area contributed by atoms with E-state index in [0.717, 1.165) is 16.5 Å². The number of nitrogens with zero attached hydrogens (tertiary/aromatic N) is 1. The fourth-order valence-electron chi connectivity index (χ4n) is 4.71. The second-order valence-corrected chi connectivity index (χ2v) is 10.0. The van der Waals surface area contributed by atoms with Gasteiger partial charge in [0.05, 0.1) is 56.1 Å². The van der Waals surface area contributed by atoms with Crippen LogP contribution in [0.2, 0.25) is 5.02 Å². The molecule has 2 bridgehead atoms. The van der Waals surface area contributed by atoms with Gasteiger partial charge in [-0.1, -0.05) is 35.9 Å². The molecule has 4 aromatic rings.